The Morgan fingerprint density at radius 1 is 1.38 bits per heavy atom. The summed E-state index contributed by atoms with van der Waals surface area (Å²) in [4.78, 5) is 0.168. The minimum atomic E-state index is -3.62. The van der Waals surface area contributed by atoms with Gasteiger partial charge in [-0.1, -0.05) is 13.8 Å². The maximum Gasteiger partial charge on any atom is 0.240 e. The van der Waals surface area contributed by atoms with Gasteiger partial charge < -0.3 is 4.74 Å². The molecule has 0 aliphatic rings. The van der Waals surface area contributed by atoms with Crippen molar-refractivity contribution >= 4 is 10.0 Å². The van der Waals surface area contributed by atoms with Crippen LogP contribution in [0.25, 0.3) is 0 Å². The fourth-order valence-corrected chi connectivity index (χ4v) is 3.26. The zero-order chi connectivity index (χ0) is 16.0. The van der Waals surface area contributed by atoms with Crippen molar-refractivity contribution in [2.45, 2.75) is 38.6 Å². The van der Waals surface area contributed by atoms with E-state index in [0.717, 1.165) is 0 Å². The summed E-state index contributed by atoms with van der Waals surface area (Å²) < 4.78 is 32.8. The van der Waals surface area contributed by atoms with Gasteiger partial charge in [0.15, 0.2) is 0 Å². The van der Waals surface area contributed by atoms with Crippen molar-refractivity contribution in [3.05, 3.63) is 29.3 Å². The molecular weight excluding hydrogens is 288 g/mol. The summed E-state index contributed by atoms with van der Waals surface area (Å²) in [7, 11) is -3.62. The van der Waals surface area contributed by atoms with Gasteiger partial charge in [-0.15, -0.1) is 0 Å². The Kier molecular flexibility index (Phi) is 6.34. The van der Waals surface area contributed by atoms with E-state index in [9.17, 15) is 8.42 Å². The van der Waals surface area contributed by atoms with Crippen LogP contribution in [0.4, 0.5) is 0 Å². The van der Waals surface area contributed by atoms with Crippen LogP contribution < -0.4 is 4.72 Å². The van der Waals surface area contributed by atoms with Gasteiger partial charge >= 0.3 is 0 Å². The number of rotatable bonds is 7. The van der Waals surface area contributed by atoms with Crippen molar-refractivity contribution in [1.29, 1.82) is 5.26 Å². The molecule has 1 rings (SSSR count). The molecule has 0 saturated heterocycles. The van der Waals surface area contributed by atoms with E-state index in [1.54, 1.807) is 6.92 Å². The van der Waals surface area contributed by atoms with Crippen molar-refractivity contribution in [2.75, 3.05) is 13.2 Å². The van der Waals surface area contributed by atoms with Crippen molar-refractivity contribution in [2.24, 2.45) is 5.92 Å². The van der Waals surface area contributed by atoms with E-state index in [4.69, 9.17) is 10.00 Å². The van der Waals surface area contributed by atoms with E-state index >= 15 is 0 Å². The van der Waals surface area contributed by atoms with E-state index in [2.05, 4.69) is 4.72 Å². The first kappa shape index (κ1) is 17.6. The third-order valence-electron chi connectivity index (χ3n) is 3.24. The first-order chi connectivity index (χ1) is 9.81. The molecular formula is C15H22N2O3S. The van der Waals surface area contributed by atoms with Crippen molar-refractivity contribution < 1.29 is 13.2 Å². The topological polar surface area (TPSA) is 79.2 Å². The van der Waals surface area contributed by atoms with Crippen molar-refractivity contribution in [3.63, 3.8) is 0 Å². The Bertz CT molecular complexity index is 618. The maximum absolute atomic E-state index is 12.4. The normalized spacial score (nSPS) is 13.1. The van der Waals surface area contributed by atoms with E-state index in [-0.39, 0.29) is 16.9 Å². The Balaban J connectivity index is 2.99. The number of nitriles is 1. The SMILES string of the molecule is CCOCC(NS(=O)(=O)c1ccc(C#N)c(C)c1)C(C)C. The van der Waals surface area contributed by atoms with Gasteiger partial charge in [0, 0.05) is 12.6 Å². The van der Waals surface area contributed by atoms with Crippen LogP contribution >= 0.6 is 0 Å². The summed E-state index contributed by atoms with van der Waals surface area (Å²) in [6.07, 6.45) is 0. The van der Waals surface area contributed by atoms with Gasteiger partial charge in [-0.25, -0.2) is 13.1 Å². The van der Waals surface area contributed by atoms with Gasteiger partial charge in [0.25, 0.3) is 0 Å². The van der Waals surface area contributed by atoms with Crippen LogP contribution in [-0.2, 0) is 14.8 Å². The lowest BCUT2D eigenvalue weighted by molar-refractivity contribution is 0.116. The lowest BCUT2D eigenvalue weighted by Gasteiger charge is -2.22. The molecule has 0 aromatic heterocycles. The quantitative estimate of drug-likeness (QED) is 0.837. The van der Waals surface area contributed by atoms with Crippen LogP contribution in [-0.4, -0.2) is 27.7 Å². The molecule has 1 N–H and O–H groups in total. The van der Waals surface area contributed by atoms with Crippen molar-refractivity contribution in [3.8, 4) is 6.07 Å². The standard InChI is InChI=1S/C15H22N2O3S/c1-5-20-10-15(11(2)3)17-21(18,19)14-7-6-13(9-16)12(4)8-14/h6-8,11,15,17H,5,10H2,1-4H3. The summed E-state index contributed by atoms with van der Waals surface area (Å²) in [5.41, 5.74) is 1.12. The molecule has 0 aliphatic heterocycles. The van der Waals surface area contributed by atoms with Gasteiger partial charge in [0.1, 0.15) is 0 Å². The van der Waals surface area contributed by atoms with Crippen LogP contribution in [0, 0.1) is 24.2 Å². The minimum absolute atomic E-state index is 0.116. The molecule has 0 aliphatic carbocycles. The smallest absolute Gasteiger partial charge is 0.240 e. The molecule has 5 nitrogen and oxygen atoms in total. The van der Waals surface area contributed by atoms with Crippen LogP contribution in [0.3, 0.4) is 0 Å². The second-order valence-corrected chi connectivity index (χ2v) is 6.93. The molecule has 1 atom stereocenters. The third kappa shape index (κ3) is 4.81. The molecule has 6 heteroatoms. The predicted molar refractivity (Wildman–Crippen MR) is 81.3 cm³/mol. The number of nitrogens with zero attached hydrogens (tertiary/aromatic N) is 1. The summed E-state index contributed by atoms with van der Waals surface area (Å²) >= 11 is 0. The molecule has 1 aromatic carbocycles. The largest absolute Gasteiger partial charge is 0.380 e. The summed E-state index contributed by atoms with van der Waals surface area (Å²) in [5.74, 6) is 0.116. The van der Waals surface area contributed by atoms with E-state index in [1.807, 2.05) is 26.8 Å². The van der Waals surface area contributed by atoms with Crippen LogP contribution in [0.1, 0.15) is 31.9 Å². The van der Waals surface area contributed by atoms with Crippen LogP contribution in [0.2, 0.25) is 0 Å². The average molecular weight is 310 g/mol. The molecule has 1 aromatic rings. The van der Waals surface area contributed by atoms with E-state index in [1.165, 1.54) is 18.2 Å². The number of hydrogen-bond donors (Lipinski definition) is 1. The monoisotopic (exact) mass is 310 g/mol. The molecule has 0 saturated carbocycles. The number of benzene rings is 1. The highest BCUT2D eigenvalue weighted by Crippen LogP contribution is 2.16. The van der Waals surface area contributed by atoms with Gasteiger partial charge in [0.05, 0.1) is 23.1 Å². The lowest BCUT2D eigenvalue weighted by Crippen LogP contribution is -2.41. The minimum Gasteiger partial charge on any atom is -0.380 e. The number of sulfonamides is 1. The van der Waals surface area contributed by atoms with Gasteiger partial charge in [-0.3, -0.25) is 0 Å². The Morgan fingerprint density at radius 2 is 2.05 bits per heavy atom. The van der Waals surface area contributed by atoms with Crippen LogP contribution in [0.15, 0.2) is 23.1 Å². The fraction of sp³-hybridized carbons (Fsp3) is 0.533. The summed E-state index contributed by atoms with van der Waals surface area (Å²) in [6, 6.07) is 6.23. The highest BCUT2D eigenvalue weighted by Gasteiger charge is 2.23. The molecule has 0 radical (unpaired) electrons. The molecule has 1 unspecified atom stereocenters. The van der Waals surface area contributed by atoms with Gasteiger partial charge in [0.2, 0.25) is 10.0 Å². The first-order valence-corrected chi connectivity index (χ1v) is 8.41. The predicted octanol–water partition coefficient (Wildman–Crippen LogP) is 2.21. The number of aryl methyl sites for hydroxylation is 1. The third-order valence-corrected chi connectivity index (χ3v) is 4.73. The fourth-order valence-electron chi connectivity index (χ4n) is 1.80. The van der Waals surface area contributed by atoms with Gasteiger partial charge in [-0.2, -0.15) is 5.26 Å². The second-order valence-electron chi connectivity index (χ2n) is 5.22. The molecule has 0 fully saturated rings. The number of hydrogen-bond acceptors (Lipinski definition) is 4. The number of ether oxygens (including phenoxy) is 1. The second kappa shape index (κ2) is 7.55. The molecule has 0 bridgehead atoms. The van der Waals surface area contributed by atoms with Crippen LogP contribution in [0.5, 0.6) is 0 Å². The van der Waals surface area contributed by atoms with E-state index < -0.39 is 10.0 Å². The number of nitrogens with one attached hydrogen (secondary N) is 1. The first-order valence-electron chi connectivity index (χ1n) is 6.92. The molecule has 0 heterocycles. The highest BCUT2D eigenvalue weighted by molar-refractivity contribution is 7.89. The Morgan fingerprint density at radius 3 is 2.52 bits per heavy atom. The summed E-state index contributed by atoms with van der Waals surface area (Å²) in [5, 5.41) is 8.90. The zero-order valence-electron chi connectivity index (χ0n) is 12.9. The molecule has 0 amide bonds. The summed E-state index contributed by atoms with van der Waals surface area (Å²) in [6.45, 7) is 8.35. The lowest BCUT2D eigenvalue weighted by atomic mass is 10.1. The van der Waals surface area contributed by atoms with E-state index in [0.29, 0.717) is 24.3 Å². The molecule has 116 valence electrons. The maximum atomic E-state index is 12.4. The Hall–Kier alpha value is -1.42. The highest BCUT2D eigenvalue weighted by atomic mass is 32.2. The van der Waals surface area contributed by atoms with Crippen molar-refractivity contribution in [1.82, 2.24) is 4.72 Å². The molecule has 21 heavy (non-hydrogen) atoms. The Labute approximate surface area is 127 Å². The molecule has 0 spiro atoms. The zero-order valence-corrected chi connectivity index (χ0v) is 13.7. The average Bonchev–Trinajstić information content (AvgIpc) is 2.43. The van der Waals surface area contributed by atoms with Gasteiger partial charge in [-0.05, 0) is 43.5 Å².